The molecule has 0 N–H and O–H groups in total. The smallest absolute Gasteiger partial charge is 0.321 e. The van der Waals surface area contributed by atoms with Gasteiger partial charge in [-0.15, -0.1) is 0 Å². The van der Waals surface area contributed by atoms with Crippen LogP contribution in [-0.4, -0.2) is 38.9 Å². The molecule has 5 nitrogen and oxygen atoms in total. The van der Waals surface area contributed by atoms with Crippen LogP contribution in [-0.2, 0) is 19.6 Å². The van der Waals surface area contributed by atoms with Crippen LogP contribution < -0.4 is 0 Å². The van der Waals surface area contributed by atoms with Gasteiger partial charge in [0.25, 0.3) is 0 Å². The van der Waals surface area contributed by atoms with Crippen molar-refractivity contribution in [3.63, 3.8) is 0 Å². The van der Waals surface area contributed by atoms with E-state index in [0.717, 1.165) is 7.11 Å². The third-order valence-electron chi connectivity index (χ3n) is 2.50. The Morgan fingerprint density at radius 1 is 1.25 bits per heavy atom. The summed E-state index contributed by atoms with van der Waals surface area (Å²) in [4.78, 5) is 10.1. The summed E-state index contributed by atoms with van der Waals surface area (Å²) < 4.78 is 68.5. The molecule has 0 amide bonds. The highest BCUT2D eigenvalue weighted by Gasteiger charge is 2.30. The number of sulfonamides is 1. The third-order valence-corrected chi connectivity index (χ3v) is 4.44. The third kappa shape index (κ3) is 3.10. The van der Waals surface area contributed by atoms with E-state index in [9.17, 15) is 26.4 Å². The zero-order valence-corrected chi connectivity index (χ0v) is 11.5. The number of hydrogen-bond acceptors (Lipinski definition) is 4. The van der Waals surface area contributed by atoms with Crippen molar-refractivity contribution in [2.24, 2.45) is 0 Å². The first-order valence-corrected chi connectivity index (χ1v) is 6.90. The van der Waals surface area contributed by atoms with Crippen LogP contribution in [0, 0.1) is 17.5 Å². The first kappa shape index (κ1) is 16.4. The molecule has 0 aliphatic rings. The second kappa shape index (κ2) is 6.23. The summed E-state index contributed by atoms with van der Waals surface area (Å²) >= 11 is 0. The van der Waals surface area contributed by atoms with Crippen molar-refractivity contribution < 1.29 is 31.1 Å². The molecule has 1 aromatic rings. The monoisotopic (exact) mass is 311 g/mol. The van der Waals surface area contributed by atoms with Gasteiger partial charge in [0.2, 0.25) is 10.0 Å². The van der Waals surface area contributed by atoms with E-state index in [0.29, 0.717) is 16.4 Å². The van der Waals surface area contributed by atoms with E-state index < -0.39 is 44.9 Å². The molecule has 1 aromatic carbocycles. The molecule has 0 aliphatic heterocycles. The van der Waals surface area contributed by atoms with E-state index in [2.05, 4.69) is 4.74 Å². The van der Waals surface area contributed by atoms with E-state index >= 15 is 0 Å². The number of nitrogens with zero attached hydrogens (tertiary/aromatic N) is 1. The van der Waals surface area contributed by atoms with Gasteiger partial charge in [-0.3, -0.25) is 4.79 Å². The number of esters is 1. The lowest BCUT2D eigenvalue weighted by Gasteiger charge is -2.19. The number of hydrogen-bond donors (Lipinski definition) is 0. The predicted molar refractivity (Wildman–Crippen MR) is 62.8 cm³/mol. The number of benzene rings is 1. The number of ether oxygens (including phenoxy) is 1. The van der Waals surface area contributed by atoms with Gasteiger partial charge in [-0.1, -0.05) is 6.92 Å². The molecule has 1 rings (SSSR count). The average Bonchev–Trinajstić information content (AvgIpc) is 2.41. The Bertz CT molecular complexity index is 618. The molecule has 0 heterocycles. The van der Waals surface area contributed by atoms with Gasteiger partial charge in [-0.05, 0) is 12.1 Å². The average molecular weight is 311 g/mol. The molecule has 20 heavy (non-hydrogen) atoms. The largest absolute Gasteiger partial charge is 0.468 e. The zero-order valence-electron chi connectivity index (χ0n) is 10.7. The quantitative estimate of drug-likeness (QED) is 0.607. The van der Waals surface area contributed by atoms with Gasteiger partial charge >= 0.3 is 5.97 Å². The van der Waals surface area contributed by atoms with Gasteiger partial charge in [0.15, 0.2) is 17.5 Å². The predicted octanol–water partition coefficient (Wildman–Crippen LogP) is 1.29. The Hall–Kier alpha value is -1.61. The minimum atomic E-state index is -4.48. The summed E-state index contributed by atoms with van der Waals surface area (Å²) in [5.74, 6) is -6.08. The van der Waals surface area contributed by atoms with Crippen molar-refractivity contribution in [2.45, 2.75) is 11.8 Å². The molecule has 9 heteroatoms. The van der Waals surface area contributed by atoms with E-state index in [4.69, 9.17) is 0 Å². The number of methoxy groups -OCH3 is 1. The van der Waals surface area contributed by atoms with Crippen molar-refractivity contribution in [1.29, 1.82) is 0 Å². The van der Waals surface area contributed by atoms with E-state index in [-0.39, 0.29) is 6.54 Å². The SMILES string of the molecule is CCN(CC(=O)OC)S(=O)(=O)c1ccc(F)c(F)c1F. The van der Waals surface area contributed by atoms with Crippen molar-refractivity contribution in [1.82, 2.24) is 4.31 Å². The van der Waals surface area contributed by atoms with Crippen LogP contribution in [0.25, 0.3) is 0 Å². The lowest BCUT2D eigenvalue weighted by Crippen LogP contribution is -2.36. The van der Waals surface area contributed by atoms with E-state index in [1.165, 1.54) is 6.92 Å². The highest BCUT2D eigenvalue weighted by atomic mass is 32.2. The molecular formula is C11H12F3NO4S. The number of likely N-dealkylation sites (N-methyl/N-ethyl adjacent to an activating group) is 1. The topological polar surface area (TPSA) is 63.7 Å². The molecule has 0 unspecified atom stereocenters. The number of halogens is 3. The molecule has 0 saturated heterocycles. The van der Waals surface area contributed by atoms with Gasteiger partial charge in [0.1, 0.15) is 11.4 Å². The number of carbonyl (C=O) groups is 1. The second-order valence-electron chi connectivity index (χ2n) is 3.68. The standard InChI is InChI=1S/C11H12F3NO4S/c1-3-15(6-9(16)19-2)20(17,18)8-5-4-7(12)10(13)11(8)14/h4-5H,3,6H2,1-2H3. The molecule has 0 saturated carbocycles. The maximum Gasteiger partial charge on any atom is 0.321 e. The van der Waals surface area contributed by atoms with Gasteiger partial charge in [0.05, 0.1) is 7.11 Å². The van der Waals surface area contributed by atoms with Crippen LogP contribution in [0.2, 0.25) is 0 Å². The summed E-state index contributed by atoms with van der Waals surface area (Å²) in [5, 5.41) is 0. The van der Waals surface area contributed by atoms with Gasteiger partial charge in [-0.2, -0.15) is 4.31 Å². The van der Waals surface area contributed by atoms with Crippen LogP contribution in [0.3, 0.4) is 0 Å². The summed E-state index contributed by atoms with van der Waals surface area (Å²) in [7, 11) is -3.42. The van der Waals surface area contributed by atoms with Crippen LogP contribution >= 0.6 is 0 Å². The molecule has 0 atom stereocenters. The molecule has 0 bridgehead atoms. The number of rotatable bonds is 5. The van der Waals surface area contributed by atoms with Crippen LogP contribution in [0.1, 0.15) is 6.92 Å². The molecule has 0 spiro atoms. The van der Waals surface area contributed by atoms with Crippen LogP contribution in [0.4, 0.5) is 13.2 Å². The summed E-state index contributed by atoms with van der Waals surface area (Å²) in [6.07, 6.45) is 0. The fourth-order valence-electron chi connectivity index (χ4n) is 1.42. The fourth-order valence-corrected chi connectivity index (χ4v) is 2.87. The van der Waals surface area contributed by atoms with Crippen LogP contribution in [0.5, 0.6) is 0 Å². The first-order chi connectivity index (χ1) is 9.25. The Balaban J connectivity index is 3.28. The molecule has 0 fully saturated rings. The lowest BCUT2D eigenvalue weighted by molar-refractivity contribution is -0.140. The Kier molecular flexibility index (Phi) is 5.12. The van der Waals surface area contributed by atoms with Crippen molar-refractivity contribution in [3.8, 4) is 0 Å². The minimum Gasteiger partial charge on any atom is -0.468 e. The summed E-state index contributed by atoms with van der Waals surface area (Å²) in [5.41, 5.74) is 0. The van der Waals surface area contributed by atoms with E-state index in [1.54, 1.807) is 0 Å². The summed E-state index contributed by atoms with van der Waals surface area (Å²) in [6.45, 7) is 0.571. The maximum atomic E-state index is 13.5. The van der Waals surface area contributed by atoms with Gasteiger partial charge in [0, 0.05) is 6.54 Å². The zero-order chi connectivity index (χ0) is 15.5. The normalized spacial score (nSPS) is 11.7. The summed E-state index contributed by atoms with van der Waals surface area (Å²) in [6, 6.07) is 1.10. The molecular weight excluding hydrogens is 299 g/mol. The molecule has 0 aromatic heterocycles. The first-order valence-electron chi connectivity index (χ1n) is 5.46. The molecule has 0 radical (unpaired) electrons. The van der Waals surface area contributed by atoms with Crippen LogP contribution in [0.15, 0.2) is 17.0 Å². The molecule has 112 valence electrons. The number of carbonyl (C=O) groups excluding carboxylic acids is 1. The maximum absolute atomic E-state index is 13.5. The van der Waals surface area contributed by atoms with Crippen molar-refractivity contribution in [3.05, 3.63) is 29.6 Å². The Morgan fingerprint density at radius 2 is 1.85 bits per heavy atom. The van der Waals surface area contributed by atoms with Crippen molar-refractivity contribution >= 4 is 16.0 Å². The minimum absolute atomic E-state index is 0.171. The van der Waals surface area contributed by atoms with E-state index in [1.807, 2.05) is 0 Å². The highest BCUT2D eigenvalue weighted by Crippen LogP contribution is 2.22. The van der Waals surface area contributed by atoms with Gasteiger partial charge in [-0.25, -0.2) is 21.6 Å². The second-order valence-corrected chi connectivity index (χ2v) is 5.59. The fraction of sp³-hybridized carbons (Fsp3) is 0.364. The Labute approximate surface area is 114 Å². The van der Waals surface area contributed by atoms with Gasteiger partial charge < -0.3 is 4.74 Å². The Morgan fingerprint density at radius 3 is 2.35 bits per heavy atom. The van der Waals surface area contributed by atoms with Crippen molar-refractivity contribution in [2.75, 3.05) is 20.2 Å². The highest BCUT2D eigenvalue weighted by molar-refractivity contribution is 7.89. The lowest BCUT2D eigenvalue weighted by atomic mass is 10.3. The molecule has 0 aliphatic carbocycles.